The van der Waals surface area contributed by atoms with Gasteiger partial charge in [0.1, 0.15) is 5.75 Å². The summed E-state index contributed by atoms with van der Waals surface area (Å²) in [6.07, 6.45) is 1.51. The number of hydrogen-bond acceptors (Lipinski definition) is 4. The van der Waals surface area contributed by atoms with Crippen molar-refractivity contribution in [3.05, 3.63) is 34.9 Å². The van der Waals surface area contributed by atoms with Gasteiger partial charge in [-0.25, -0.2) is 8.42 Å². The lowest BCUT2D eigenvalue weighted by atomic mass is 9.74. The van der Waals surface area contributed by atoms with E-state index in [1.54, 1.807) is 0 Å². The molecule has 1 aliphatic heterocycles. The molecule has 140 valence electrons. The van der Waals surface area contributed by atoms with Crippen molar-refractivity contribution in [2.75, 3.05) is 31.3 Å². The summed E-state index contributed by atoms with van der Waals surface area (Å²) in [4.78, 5) is 12.2. The first-order valence-corrected chi connectivity index (χ1v) is 10.7. The van der Waals surface area contributed by atoms with Gasteiger partial charge in [0.25, 0.3) is 0 Å². The predicted molar refractivity (Wildman–Crippen MR) is 99.7 cm³/mol. The summed E-state index contributed by atoms with van der Waals surface area (Å²) >= 11 is 6.13. The number of benzene rings is 1. The van der Waals surface area contributed by atoms with Gasteiger partial charge in [0.15, 0.2) is 9.84 Å². The molecule has 1 heterocycles. The van der Waals surface area contributed by atoms with Crippen LogP contribution in [0.3, 0.4) is 0 Å². The molecule has 0 saturated carbocycles. The van der Waals surface area contributed by atoms with Crippen molar-refractivity contribution in [1.29, 1.82) is 0 Å². The summed E-state index contributed by atoms with van der Waals surface area (Å²) in [6.45, 7) is 5.24. The maximum atomic E-state index is 12.2. The molecule has 1 aromatic rings. The molecule has 0 unspecified atom stereocenters. The van der Waals surface area contributed by atoms with Gasteiger partial charge in [0.2, 0.25) is 5.91 Å². The minimum absolute atomic E-state index is 0.00564. The highest BCUT2D eigenvalue weighted by atomic mass is 35.5. The lowest BCUT2D eigenvalue weighted by molar-refractivity contribution is -0.119. The molecule has 7 heteroatoms. The van der Waals surface area contributed by atoms with Crippen molar-refractivity contribution < 1.29 is 17.9 Å². The van der Waals surface area contributed by atoms with Gasteiger partial charge in [-0.15, -0.1) is 0 Å². The van der Waals surface area contributed by atoms with Crippen LogP contribution in [0.15, 0.2) is 24.3 Å². The van der Waals surface area contributed by atoms with E-state index >= 15 is 0 Å². The number of sulfone groups is 1. The standard InChI is InChI=1S/C18H26ClNO4S/c1-14(2)11-25(22,23)12-17(21)20-13-18(6-8-24-9-7-18)15-4-3-5-16(19)10-15/h3-5,10,14H,6-9,11-13H2,1-2H3,(H,20,21). The topological polar surface area (TPSA) is 72.5 Å². The zero-order chi connectivity index (χ0) is 18.5. The van der Waals surface area contributed by atoms with E-state index in [2.05, 4.69) is 5.32 Å². The van der Waals surface area contributed by atoms with Crippen molar-refractivity contribution in [2.24, 2.45) is 5.92 Å². The summed E-state index contributed by atoms with van der Waals surface area (Å²) in [5.41, 5.74) is 0.773. The molecule has 1 aliphatic rings. The molecule has 5 nitrogen and oxygen atoms in total. The number of ether oxygens (including phenoxy) is 1. The number of halogens is 1. The number of rotatable bonds is 7. The fraction of sp³-hybridized carbons (Fsp3) is 0.611. The van der Waals surface area contributed by atoms with E-state index in [1.165, 1.54) is 0 Å². The van der Waals surface area contributed by atoms with Crippen molar-refractivity contribution in [3.8, 4) is 0 Å². The molecule has 1 N–H and O–H groups in total. The normalized spacial score (nSPS) is 17.4. The molecule has 0 atom stereocenters. The Morgan fingerprint density at radius 1 is 1.32 bits per heavy atom. The number of amides is 1. The Bertz CT molecular complexity index is 697. The van der Waals surface area contributed by atoms with Crippen molar-refractivity contribution in [3.63, 3.8) is 0 Å². The van der Waals surface area contributed by atoms with Gasteiger partial charge in [-0.2, -0.15) is 0 Å². The monoisotopic (exact) mass is 387 g/mol. The highest BCUT2D eigenvalue weighted by Gasteiger charge is 2.35. The van der Waals surface area contributed by atoms with Crippen LogP contribution in [0.25, 0.3) is 0 Å². The summed E-state index contributed by atoms with van der Waals surface area (Å²) in [6, 6.07) is 7.62. The molecular formula is C18H26ClNO4S. The fourth-order valence-electron chi connectivity index (χ4n) is 3.23. The van der Waals surface area contributed by atoms with Crippen LogP contribution in [0.1, 0.15) is 32.3 Å². The molecular weight excluding hydrogens is 362 g/mol. The first-order chi connectivity index (χ1) is 11.7. The molecule has 25 heavy (non-hydrogen) atoms. The van der Waals surface area contributed by atoms with E-state index in [-0.39, 0.29) is 17.1 Å². The van der Waals surface area contributed by atoms with Crippen LogP contribution in [0.2, 0.25) is 5.02 Å². The van der Waals surface area contributed by atoms with Crippen LogP contribution in [0.4, 0.5) is 0 Å². The van der Waals surface area contributed by atoms with E-state index in [9.17, 15) is 13.2 Å². The molecule has 0 aromatic heterocycles. The average Bonchev–Trinajstić information content (AvgIpc) is 2.52. The van der Waals surface area contributed by atoms with Crippen molar-refractivity contribution in [1.82, 2.24) is 5.32 Å². The van der Waals surface area contributed by atoms with E-state index in [0.717, 1.165) is 18.4 Å². The van der Waals surface area contributed by atoms with Crippen molar-refractivity contribution in [2.45, 2.75) is 32.1 Å². The first kappa shape index (κ1) is 20.2. The quantitative estimate of drug-likeness (QED) is 0.780. The molecule has 1 amide bonds. The molecule has 1 aromatic carbocycles. The lowest BCUT2D eigenvalue weighted by Gasteiger charge is -2.38. The predicted octanol–water partition coefficient (Wildman–Crippen LogP) is 2.58. The second kappa shape index (κ2) is 8.52. The Morgan fingerprint density at radius 2 is 2.00 bits per heavy atom. The molecule has 2 rings (SSSR count). The van der Waals surface area contributed by atoms with Crippen LogP contribution in [0, 0.1) is 5.92 Å². The smallest absolute Gasteiger partial charge is 0.235 e. The van der Waals surface area contributed by atoms with Gasteiger partial charge < -0.3 is 10.1 Å². The van der Waals surface area contributed by atoms with Gasteiger partial charge in [-0.05, 0) is 36.5 Å². The number of nitrogens with one attached hydrogen (secondary N) is 1. The Labute approximate surface area is 155 Å². The maximum absolute atomic E-state index is 12.2. The van der Waals surface area contributed by atoms with Gasteiger partial charge >= 0.3 is 0 Å². The van der Waals surface area contributed by atoms with E-state index in [1.807, 2.05) is 38.1 Å². The molecule has 0 aliphatic carbocycles. The number of carbonyl (C=O) groups excluding carboxylic acids is 1. The Morgan fingerprint density at radius 3 is 2.60 bits per heavy atom. The Kier molecular flexibility index (Phi) is 6.88. The number of carbonyl (C=O) groups is 1. The Balaban J connectivity index is 2.07. The minimum Gasteiger partial charge on any atom is -0.381 e. The van der Waals surface area contributed by atoms with Gasteiger partial charge in [-0.3, -0.25) is 4.79 Å². The van der Waals surface area contributed by atoms with Crippen LogP contribution >= 0.6 is 11.6 Å². The fourth-order valence-corrected chi connectivity index (χ4v) is 5.06. The third-order valence-corrected chi connectivity index (χ3v) is 6.56. The van der Waals surface area contributed by atoms with E-state index in [0.29, 0.717) is 24.8 Å². The van der Waals surface area contributed by atoms with Crippen molar-refractivity contribution >= 4 is 27.3 Å². The molecule has 0 radical (unpaired) electrons. The summed E-state index contributed by atoms with van der Waals surface area (Å²) in [5.74, 6) is -0.888. The van der Waals surface area contributed by atoms with Crippen LogP contribution < -0.4 is 5.32 Å². The summed E-state index contributed by atoms with van der Waals surface area (Å²) in [7, 11) is -3.38. The SMILES string of the molecule is CC(C)CS(=O)(=O)CC(=O)NCC1(c2cccc(Cl)c2)CCOCC1. The van der Waals surface area contributed by atoms with E-state index in [4.69, 9.17) is 16.3 Å². The largest absolute Gasteiger partial charge is 0.381 e. The third-order valence-electron chi connectivity index (χ3n) is 4.45. The maximum Gasteiger partial charge on any atom is 0.235 e. The highest BCUT2D eigenvalue weighted by Crippen LogP contribution is 2.35. The first-order valence-electron chi connectivity index (χ1n) is 8.53. The number of hydrogen-bond donors (Lipinski definition) is 1. The second-order valence-corrected chi connectivity index (χ2v) is 9.67. The van der Waals surface area contributed by atoms with Crippen LogP contribution in [-0.4, -0.2) is 45.6 Å². The summed E-state index contributed by atoms with van der Waals surface area (Å²) < 4.78 is 29.5. The van der Waals surface area contributed by atoms with Crippen LogP contribution in [0.5, 0.6) is 0 Å². The molecule has 0 bridgehead atoms. The van der Waals surface area contributed by atoms with E-state index < -0.39 is 21.5 Å². The zero-order valence-electron chi connectivity index (χ0n) is 14.8. The second-order valence-electron chi connectivity index (χ2n) is 7.13. The minimum atomic E-state index is -3.38. The molecule has 0 spiro atoms. The Hall–Kier alpha value is -1.11. The van der Waals surface area contributed by atoms with Gasteiger partial charge in [-0.1, -0.05) is 37.6 Å². The highest BCUT2D eigenvalue weighted by molar-refractivity contribution is 7.92. The molecule has 1 fully saturated rings. The summed E-state index contributed by atoms with van der Waals surface area (Å²) in [5, 5.41) is 3.47. The molecule has 1 saturated heterocycles. The van der Waals surface area contributed by atoms with Gasteiger partial charge in [0.05, 0.1) is 5.75 Å². The third kappa shape index (κ3) is 5.97. The zero-order valence-corrected chi connectivity index (χ0v) is 16.3. The van der Waals surface area contributed by atoms with Gasteiger partial charge in [0, 0.05) is 30.2 Å². The average molecular weight is 388 g/mol. The van der Waals surface area contributed by atoms with Crippen LogP contribution in [-0.2, 0) is 24.8 Å². The lowest BCUT2D eigenvalue weighted by Crippen LogP contribution is -2.46.